The Kier molecular flexibility index (Phi) is 5.24. The van der Waals surface area contributed by atoms with Crippen LogP contribution in [0.2, 0.25) is 5.02 Å². The summed E-state index contributed by atoms with van der Waals surface area (Å²) in [7, 11) is 0. The van der Waals surface area contributed by atoms with Crippen LogP contribution in [0.15, 0.2) is 18.2 Å². The summed E-state index contributed by atoms with van der Waals surface area (Å²) in [5, 5.41) is 0.842. The molecule has 0 fully saturated rings. The van der Waals surface area contributed by atoms with Crippen LogP contribution in [0.4, 0.5) is 0 Å². The molecule has 0 bridgehead atoms. The molecule has 0 saturated carbocycles. The molecule has 0 aromatic heterocycles. The molecule has 0 amide bonds. The fourth-order valence-electron chi connectivity index (χ4n) is 1.99. The first kappa shape index (κ1) is 15.5. The topological polar surface area (TPSA) is 26.0 Å². The third kappa shape index (κ3) is 4.62. The summed E-state index contributed by atoms with van der Waals surface area (Å²) < 4.78 is 0. The Morgan fingerprint density at radius 1 is 1.28 bits per heavy atom. The average molecular weight is 268 g/mol. The molecular formula is C16H26ClN. The van der Waals surface area contributed by atoms with Crippen LogP contribution in [0.25, 0.3) is 0 Å². The Labute approximate surface area is 117 Å². The van der Waals surface area contributed by atoms with Crippen LogP contribution in [0.5, 0.6) is 0 Å². The highest BCUT2D eigenvalue weighted by Gasteiger charge is 2.22. The molecule has 1 rings (SSSR count). The summed E-state index contributed by atoms with van der Waals surface area (Å²) in [6.07, 6.45) is 1.90. The summed E-state index contributed by atoms with van der Waals surface area (Å²) in [5.41, 5.74) is 8.92. The van der Waals surface area contributed by atoms with E-state index in [4.69, 9.17) is 17.3 Å². The van der Waals surface area contributed by atoms with Gasteiger partial charge in [-0.2, -0.15) is 0 Å². The lowest BCUT2D eigenvalue weighted by Gasteiger charge is -2.29. The average Bonchev–Trinajstić information content (AvgIpc) is 2.20. The summed E-state index contributed by atoms with van der Waals surface area (Å²) >= 11 is 6.24. The van der Waals surface area contributed by atoms with Gasteiger partial charge in [-0.15, -0.1) is 0 Å². The molecule has 0 aliphatic heterocycles. The summed E-state index contributed by atoms with van der Waals surface area (Å²) in [6, 6.07) is 6.39. The number of benzene rings is 1. The monoisotopic (exact) mass is 267 g/mol. The van der Waals surface area contributed by atoms with Gasteiger partial charge in [-0.25, -0.2) is 0 Å². The van der Waals surface area contributed by atoms with E-state index in [0.717, 1.165) is 23.4 Å². The van der Waals surface area contributed by atoms with Crippen molar-refractivity contribution in [3.8, 4) is 0 Å². The molecule has 0 heterocycles. The number of rotatable bonds is 4. The molecule has 2 N–H and O–H groups in total. The predicted molar refractivity (Wildman–Crippen MR) is 81.1 cm³/mol. The largest absolute Gasteiger partial charge is 0.327 e. The first-order chi connectivity index (χ1) is 8.20. The van der Waals surface area contributed by atoms with E-state index in [1.807, 2.05) is 6.07 Å². The van der Waals surface area contributed by atoms with Crippen molar-refractivity contribution < 1.29 is 0 Å². The molecule has 18 heavy (non-hydrogen) atoms. The van der Waals surface area contributed by atoms with Gasteiger partial charge in [-0.3, -0.25) is 0 Å². The van der Waals surface area contributed by atoms with Crippen molar-refractivity contribution in [1.82, 2.24) is 0 Å². The Balaban J connectivity index is 2.62. The molecule has 0 aliphatic carbocycles. The van der Waals surface area contributed by atoms with E-state index >= 15 is 0 Å². The zero-order chi connectivity index (χ0) is 13.9. The number of hydrogen-bond donors (Lipinski definition) is 1. The maximum Gasteiger partial charge on any atom is 0.0441 e. The second-order valence-electron chi connectivity index (χ2n) is 6.56. The molecule has 0 aliphatic rings. The van der Waals surface area contributed by atoms with Crippen LogP contribution in [0.3, 0.4) is 0 Å². The third-order valence-electron chi connectivity index (χ3n) is 3.83. The molecule has 2 atom stereocenters. The van der Waals surface area contributed by atoms with Crippen molar-refractivity contribution in [3.63, 3.8) is 0 Å². The lowest BCUT2D eigenvalue weighted by Crippen LogP contribution is -2.30. The van der Waals surface area contributed by atoms with Crippen LogP contribution in [0.1, 0.15) is 45.2 Å². The Hall–Kier alpha value is -0.530. The van der Waals surface area contributed by atoms with E-state index in [9.17, 15) is 0 Å². The lowest BCUT2D eigenvalue weighted by atomic mass is 9.78. The molecule has 0 radical (unpaired) electrons. The number of hydrogen-bond acceptors (Lipinski definition) is 1. The van der Waals surface area contributed by atoms with E-state index in [0.29, 0.717) is 11.3 Å². The van der Waals surface area contributed by atoms with Crippen molar-refractivity contribution in [3.05, 3.63) is 34.3 Å². The van der Waals surface area contributed by atoms with Crippen LogP contribution in [-0.2, 0) is 6.42 Å². The summed E-state index contributed by atoms with van der Waals surface area (Å²) in [4.78, 5) is 0. The van der Waals surface area contributed by atoms with Gasteiger partial charge in [0.1, 0.15) is 0 Å². The van der Waals surface area contributed by atoms with Gasteiger partial charge in [0.15, 0.2) is 0 Å². The van der Waals surface area contributed by atoms with E-state index in [1.165, 1.54) is 5.56 Å². The molecule has 0 saturated heterocycles. The highest BCUT2D eigenvalue weighted by atomic mass is 35.5. The Morgan fingerprint density at radius 2 is 1.89 bits per heavy atom. The van der Waals surface area contributed by atoms with Crippen molar-refractivity contribution in [2.45, 2.75) is 53.5 Å². The van der Waals surface area contributed by atoms with Crippen molar-refractivity contribution in [2.24, 2.45) is 17.1 Å². The zero-order valence-corrected chi connectivity index (χ0v) is 13.0. The van der Waals surface area contributed by atoms with E-state index in [1.54, 1.807) is 0 Å². The van der Waals surface area contributed by atoms with Crippen molar-refractivity contribution in [1.29, 1.82) is 0 Å². The zero-order valence-electron chi connectivity index (χ0n) is 12.3. The van der Waals surface area contributed by atoms with Gasteiger partial charge >= 0.3 is 0 Å². The predicted octanol–water partition coefficient (Wildman–Crippen LogP) is 4.59. The number of halogens is 1. The first-order valence-corrected chi connectivity index (χ1v) is 7.08. The first-order valence-electron chi connectivity index (χ1n) is 6.70. The maximum atomic E-state index is 6.25. The van der Waals surface area contributed by atoms with Gasteiger partial charge in [0.25, 0.3) is 0 Å². The molecule has 1 aromatic carbocycles. The Morgan fingerprint density at radius 3 is 2.39 bits per heavy atom. The summed E-state index contributed by atoms with van der Waals surface area (Å²) in [6.45, 7) is 11.1. The van der Waals surface area contributed by atoms with E-state index < -0.39 is 0 Å². The Bertz CT molecular complexity index is 393. The van der Waals surface area contributed by atoms with Crippen molar-refractivity contribution in [2.75, 3.05) is 0 Å². The minimum Gasteiger partial charge on any atom is -0.327 e. The van der Waals surface area contributed by atoms with Crippen molar-refractivity contribution >= 4 is 11.6 Å². The quantitative estimate of drug-likeness (QED) is 0.848. The fourth-order valence-corrected chi connectivity index (χ4v) is 2.30. The maximum absolute atomic E-state index is 6.25. The van der Waals surface area contributed by atoms with Gasteiger partial charge in [0.05, 0.1) is 0 Å². The SMILES string of the molecule is Cc1ccc(CC(N)CC(C)C(C)(C)C)c(Cl)c1. The second kappa shape index (κ2) is 6.08. The standard InChI is InChI=1S/C16H26ClN/c1-11-6-7-13(15(17)8-11)10-14(18)9-12(2)16(3,4)5/h6-8,12,14H,9-10,18H2,1-5H3. The number of aryl methyl sites for hydroxylation is 1. The van der Waals surface area contributed by atoms with E-state index in [2.05, 4.69) is 46.8 Å². The van der Waals surface area contributed by atoms with Gasteiger partial charge in [-0.1, -0.05) is 51.4 Å². The fraction of sp³-hybridized carbons (Fsp3) is 0.625. The summed E-state index contributed by atoms with van der Waals surface area (Å²) in [5.74, 6) is 0.608. The lowest BCUT2D eigenvalue weighted by molar-refractivity contribution is 0.233. The van der Waals surface area contributed by atoms with Crippen LogP contribution < -0.4 is 5.73 Å². The molecule has 1 nitrogen and oxygen atoms in total. The van der Waals surface area contributed by atoms with Gasteiger partial charge in [0, 0.05) is 11.1 Å². The van der Waals surface area contributed by atoms with Crippen LogP contribution in [-0.4, -0.2) is 6.04 Å². The van der Waals surface area contributed by atoms with Gasteiger partial charge in [0.2, 0.25) is 0 Å². The molecule has 1 aromatic rings. The van der Waals surface area contributed by atoms with Gasteiger partial charge < -0.3 is 5.73 Å². The van der Waals surface area contributed by atoms with E-state index in [-0.39, 0.29) is 6.04 Å². The molecule has 0 spiro atoms. The van der Waals surface area contributed by atoms with Crippen LogP contribution in [0, 0.1) is 18.3 Å². The van der Waals surface area contributed by atoms with Gasteiger partial charge in [-0.05, 0) is 48.3 Å². The van der Waals surface area contributed by atoms with Crippen LogP contribution >= 0.6 is 11.6 Å². The normalized spacial score (nSPS) is 15.5. The highest BCUT2D eigenvalue weighted by molar-refractivity contribution is 6.31. The molecule has 2 unspecified atom stereocenters. The minimum absolute atomic E-state index is 0.180. The smallest absolute Gasteiger partial charge is 0.0441 e. The second-order valence-corrected chi connectivity index (χ2v) is 6.97. The molecule has 2 heteroatoms. The molecular weight excluding hydrogens is 242 g/mol. The third-order valence-corrected chi connectivity index (χ3v) is 4.18. The highest BCUT2D eigenvalue weighted by Crippen LogP contribution is 2.29. The minimum atomic E-state index is 0.180. The molecule has 102 valence electrons. The number of nitrogens with two attached hydrogens (primary N) is 1.